The van der Waals surface area contributed by atoms with Crippen molar-refractivity contribution in [2.45, 2.75) is 25.3 Å². The molecule has 3 rings (SSSR count). The zero-order valence-electron chi connectivity index (χ0n) is 12.0. The highest BCUT2D eigenvalue weighted by Gasteiger charge is 2.22. The van der Waals surface area contributed by atoms with Crippen molar-refractivity contribution in [2.24, 2.45) is 0 Å². The largest absolute Gasteiger partial charge is 0.349 e. The van der Waals surface area contributed by atoms with Gasteiger partial charge in [0, 0.05) is 18.6 Å². The van der Waals surface area contributed by atoms with Crippen LogP contribution in [0, 0.1) is 10.1 Å². The third-order valence-electron chi connectivity index (χ3n) is 3.97. The van der Waals surface area contributed by atoms with Crippen LogP contribution in [0.25, 0.3) is 0 Å². The van der Waals surface area contributed by atoms with Crippen molar-refractivity contribution in [2.75, 3.05) is 0 Å². The fraction of sp³-hybridized carbons (Fsp3) is 0.235. The molecule has 1 heterocycles. The van der Waals surface area contributed by atoms with Gasteiger partial charge in [0.05, 0.1) is 11.0 Å². The number of nitro groups is 1. The summed E-state index contributed by atoms with van der Waals surface area (Å²) in [6.07, 6.45) is 1.87. The molecule has 0 aromatic heterocycles. The molecule has 2 aromatic rings. The lowest BCUT2D eigenvalue weighted by atomic mass is 9.94. The fourth-order valence-electron chi connectivity index (χ4n) is 2.84. The van der Waals surface area contributed by atoms with E-state index in [1.165, 1.54) is 17.7 Å². The molecule has 0 fully saturated rings. The van der Waals surface area contributed by atoms with E-state index in [1.807, 2.05) is 18.2 Å². The van der Waals surface area contributed by atoms with Gasteiger partial charge in [0.1, 0.15) is 0 Å². The average Bonchev–Trinajstić information content (AvgIpc) is 2.68. The maximum Gasteiger partial charge on any atom is 0.269 e. The summed E-state index contributed by atoms with van der Waals surface area (Å²) < 4.78 is 0. The molecule has 1 amide bonds. The summed E-state index contributed by atoms with van der Waals surface area (Å²) >= 11 is 0. The number of nitrogens with zero attached hydrogens (tertiary/aromatic N) is 1. The minimum Gasteiger partial charge on any atom is -0.349 e. The van der Waals surface area contributed by atoms with Crippen LogP contribution in [0.2, 0.25) is 0 Å². The summed E-state index contributed by atoms with van der Waals surface area (Å²) in [4.78, 5) is 22.2. The Morgan fingerprint density at radius 2 is 1.82 bits per heavy atom. The van der Waals surface area contributed by atoms with Gasteiger partial charge in [-0.15, -0.1) is 0 Å². The molecule has 1 aliphatic heterocycles. The first-order chi connectivity index (χ1) is 10.6. The van der Waals surface area contributed by atoms with Crippen molar-refractivity contribution in [1.29, 1.82) is 0 Å². The van der Waals surface area contributed by atoms with Gasteiger partial charge in [-0.05, 0) is 29.5 Å². The van der Waals surface area contributed by atoms with E-state index in [9.17, 15) is 14.9 Å². The first-order valence-electron chi connectivity index (χ1n) is 7.24. The molecule has 22 heavy (non-hydrogen) atoms. The first kappa shape index (κ1) is 14.3. The molecule has 2 aromatic carbocycles. The predicted octanol–water partition coefficient (Wildman–Crippen LogP) is 2.94. The molecule has 0 saturated carbocycles. The molecule has 5 heteroatoms. The number of rotatable bonds is 3. The maximum absolute atomic E-state index is 11.9. The van der Waals surface area contributed by atoms with E-state index in [2.05, 4.69) is 11.4 Å². The molecular formula is C17H16N2O3. The molecule has 112 valence electrons. The van der Waals surface area contributed by atoms with Crippen LogP contribution < -0.4 is 5.32 Å². The molecule has 1 N–H and O–H groups in total. The van der Waals surface area contributed by atoms with Crippen LogP contribution >= 0.6 is 0 Å². The van der Waals surface area contributed by atoms with Crippen molar-refractivity contribution in [3.05, 3.63) is 75.3 Å². The normalized spacial score (nSPS) is 17.3. The Morgan fingerprint density at radius 1 is 1.09 bits per heavy atom. The lowest BCUT2D eigenvalue weighted by molar-refractivity contribution is -0.384. The molecule has 0 radical (unpaired) electrons. The van der Waals surface area contributed by atoms with E-state index in [0.717, 1.165) is 17.5 Å². The lowest BCUT2D eigenvalue weighted by Gasteiger charge is -2.19. The number of carbonyl (C=O) groups is 1. The van der Waals surface area contributed by atoms with Crippen molar-refractivity contribution >= 4 is 11.6 Å². The van der Waals surface area contributed by atoms with Gasteiger partial charge in [0.25, 0.3) is 5.69 Å². The van der Waals surface area contributed by atoms with Crippen LogP contribution in [0.3, 0.4) is 0 Å². The molecule has 0 spiro atoms. The van der Waals surface area contributed by atoms with Gasteiger partial charge in [0.2, 0.25) is 5.91 Å². The van der Waals surface area contributed by atoms with E-state index < -0.39 is 4.92 Å². The number of fused-ring (bicyclic) bond motifs is 1. The van der Waals surface area contributed by atoms with Gasteiger partial charge in [-0.1, -0.05) is 36.4 Å². The average molecular weight is 296 g/mol. The van der Waals surface area contributed by atoms with E-state index in [4.69, 9.17) is 0 Å². The number of hydrogen-bond donors (Lipinski definition) is 1. The van der Waals surface area contributed by atoms with Crippen LogP contribution in [-0.2, 0) is 17.6 Å². The van der Waals surface area contributed by atoms with E-state index in [-0.39, 0.29) is 17.6 Å². The molecule has 0 aliphatic carbocycles. The van der Waals surface area contributed by atoms with Crippen LogP contribution in [0.15, 0.2) is 48.5 Å². The summed E-state index contributed by atoms with van der Waals surface area (Å²) in [6, 6.07) is 14.5. The second kappa shape index (κ2) is 5.97. The highest BCUT2D eigenvalue weighted by Crippen LogP contribution is 2.26. The van der Waals surface area contributed by atoms with Gasteiger partial charge >= 0.3 is 0 Å². The molecular weight excluding hydrogens is 280 g/mol. The monoisotopic (exact) mass is 296 g/mol. The minimum atomic E-state index is -0.410. The third-order valence-corrected chi connectivity index (χ3v) is 3.97. The highest BCUT2D eigenvalue weighted by molar-refractivity contribution is 5.77. The van der Waals surface area contributed by atoms with Crippen molar-refractivity contribution in [3.8, 4) is 0 Å². The second-order valence-corrected chi connectivity index (χ2v) is 5.45. The van der Waals surface area contributed by atoms with Gasteiger partial charge in [-0.3, -0.25) is 14.9 Å². The standard InChI is InChI=1S/C17H16N2O3/c20-17-10-7-13-3-1-2-4-15(13)16(18-17)11-12-5-8-14(9-6-12)19(21)22/h1-6,8-9,16H,7,10-11H2,(H,18,20). The Hall–Kier alpha value is -2.69. The number of nitrogens with one attached hydrogen (secondary N) is 1. The zero-order valence-corrected chi connectivity index (χ0v) is 12.0. The van der Waals surface area contributed by atoms with E-state index in [1.54, 1.807) is 12.1 Å². The Labute approximate surface area is 128 Å². The third kappa shape index (κ3) is 2.98. The minimum absolute atomic E-state index is 0.0445. The number of non-ortho nitro benzene ring substituents is 1. The summed E-state index contributed by atoms with van der Waals surface area (Å²) in [5, 5.41) is 13.8. The number of benzene rings is 2. The van der Waals surface area contributed by atoms with Gasteiger partial charge < -0.3 is 5.32 Å². The number of nitro benzene ring substituents is 1. The van der Waals surface area contributed by atoms with Crippen LogP contribution in [0.5, 0.6) is 0 Å². The van der Waals surface area contributed by atoms with E-state index >= 15 is 0 Å². The SMILES string of the molecule is O=C1CCc2ccccc2C(Cc2ccc([N+](=O)[O-])cc2)N1. The van der Waals surface area contributed by atoms with Crippen LogP contribution in [0.1, 0.15) is 29.2 Å². The van der Waals surface area contributed by atoms with Crippen molar-refractivity contribution in [1.82, 2.24) is 5.32 Å². The molecule has 1 unspecified atom stereocenters. The van der Waals surface area contributed by atoms with Gasteiger partial charge in [-0.25, -0.2) is 0 Å². The Kier molecular flexibility index (Phi) is 3.87. The Bertz CT molecular complexity index is 710. The predicted molar refractivity (Wildman–Crippen MR) is 82.4 cm³/mol. The number of carbonyl (C=O) groups excluding carboxylic acids is 1. The summed E-state index contributed by atoms with van der Waals surface area (Å²) in [5.41, 5.74) is 3.36. The zero-order chi connectivity index (χ0) is 15.5. The number of aryl methyl sites for hydroxylation is 1. The molecule has 5 nitrogen and oxygen atoms in total. The summed E-state index contributed by atoms with van der Waals surface area (Å²) in [6.45, 7) is 0. The topological polar surface area (TPSA) is 72.2 Å². The van der Waals surface area contributed by atoms with Gasteiger partial charge in [0.15, 0.2) is 0 Å². The molecule has 0 saturated heterocycles. The fourth-order valence-corrected chi connectivity index (χ4v) is 2.84. The van der Waals surface area contributed by atoms with Crippen LogP contribution in [0.4, 0.5) is 5.69 Å². The number of amides is 1. The van der Waals surface area contributed by atoms with Crippen LogP contribution in [-0.4, -0.2) is 10.8 Å². The van der Waals surface area contributed by atoms with Crippen molar-refractivity contribution in [3.63, 3.8) is 0 Å². The lowest BCUT2D eigenvalue weighted by Crippen LogP contribution is -2.28. The Morgan fingerprint density at radius 3 is 2.55 bits per heavy atom. The Balaban J connectivity index is 1.86. The second-order valence-electron chi connectivity index (χ2n) is 5.45. The maximum atomic E-state index is 11.9. The van der Waals surface area contributed by atoms with Crippen molar-refractivity contribution < 1.29 is 9.72 Å². The molecule has 1 atom stereocenters. The smallest absolute Gasteiger partial charge is 0.269 e. The summed E-state index contributed by atoms with van der Waals surface area (Å²) in [5.74, 6) is 0.0445. The first-order valence-corrected chi connectivity index (χ1v) is 7.24. The quantitative estimate of drug-likeness (QED) is 0.699. The molecule has 0 bridgehead atoms. The molecule has 1 aliphatic rings. The van der Waals surface area contributed by atoms with E-state index in [0.29, 0.717) is 12.8 Å². The number of hydrogen-bond acceptors (Lipinski definition) is 3. The van der Waals surface area contributed by atoms with Gasteiger partial charge in [-0.2, -0.15) is 0 Å². The highest BCUT2D eigenvalue weighted by atomic mass is 16.6. The summed E-state index contributed by atoms with van der Waals surface area (Å²) in [7, 11) is 0.